The Morgan fingerprint density at radius 1 is 0.828 bits per heavy atom. The first-order valence-electron chi connectivity index (χ1n) is 10.2. The predicted molar refractivity (Wildman–Crippen MR) is 111 cm³/mol. The van der Waals surface area contributed by atoms with Gasteiger partial charge in [0.05, 0.1) is 6.04 Å². The van der Waals surface area contributed by atoms with E-state index in [9.17, 15) is 24.3 Å². The van der Waals surface area contributed by atoms with E-state index in [2.05, 4.69) is 16.0 Å². The quantitative estimate of drug-likeness (QED) is 0.316. The van der Waals surface area contributed by atoms with Crippen LogP contribution in [-0.2, 0) is 19.2 Å². The Labute approximate surface area is 173 Å². The monoisotopic (exact) mass is 414 g/mol. The number of carboxylic acids is 1. The van der Waals surface area contributed by atoms with Crippen molar-refractivity contribution in [3.05, 3.63) is 0 Å². The average molecular weight is 415 g/mol. The van der Waals surface area contributed by atoms with Gasteiger partial charge >= 0.3 is 5.97 Å². The van der Waals surface area contributed by atoms with Crippen molar-refractivity contribution in [2.75, 3.05) is 0 Å². The molecule has 0 aromatic carbocycles. The zero-order valence-electron chi connectivity index (χ0n) is 18.6. The molecule has 3 amide bonds. The molecule has 0 heterocycles. The van der Waals surface area contributed by atoms with Crippen LogP contribution in [0, 0.1) is 17.8 Å². The number of rotatable bonds is 12. The fraction of sp³-hybridized carbons (Fsp3) is 0.800. The van der Waals surface area contributed by atoms with Crippen LogP contribution in [0.5, 0.6) is 0 Å². The molecule has 0 fully saturated rings. The molecule has 5 unspecified atom stereocenters. The molecule has 0 aromatic heterocycles. The summed E-state index contributed by atoms with van der Waals surface area (Å²) in [5.41, 5.74) is 5.56. The van der Waals surface area contributed by atoms with Crippen molar-refractivity contribution in [1.82, 2.24) is 16.0 Å². The van der Waals surface area contributed by atoms with E-state index < -0.39 is 47.9 Å². The van der Waals surface area contributed by atoms with E-state index in [-0.39, 0.29) is 24.2 Å². The number of hydrogen-bond acceptors (Lipinski definition) is 5. The fourth-order valence-electron chi connectivity index (χ4n) is 2.72. The topological polar surface area (TPSA) is 151 Å². The van der Waals surface area contributed by atoms with Crippen molar-refractivity contribution in [2.45, 2.75) is 85.5 Å². The summed E-state index contributed by atoms with van der Waals surface area (Å²) >= 11 is 0. The normalized spacial score (nSPS) is 16.5. The number of aliphatic carboxylic acids is 1. The Bertz CT molecular complexity index is 577. The highest BCUT2D eigenvalue weighted by atomic mass is 16.4. The van der Waals surface area contributed by atoms with Crippen molar-refractivity contribution >= 4 is 23.7 Å². The summed E-state index contributed by atoms with van der Waals surface area (Å²) in [6, 6.07) is -3.59. The average Bonchev–Trinajstić information content (AvgIpc) is 2.61. The molecule has 6 N–H and O–H groups in total. The van der Waals surface area contributed by atoms with E-state index in [1.165, 1.54) is 6.92 Å². The van der Waals surface area contributed by atoms with Crippen LogP contribution >= 0.6 is 0 Å². The van der Waals surface area contributed by atoms with E-state index in [0.717, 1.165) is 0 Å². The number of nitrogens with one attached hydrogen (secondary N) is 3. The lowest BCUT2D eigenvalue weighted by Gasteiger charge is -2.29. The van der Waals surface area contributed by atoms with Crippen LogP contribution in [-0.4, -0.2) is 53.0 Å². The second kappa shape index (κ2) is 12.4. The smallest absolute Gasteiger partial charge is 0.326 e. The zero-order chi connectivity index (χ0) is 22.9. The van der Waals surface area contributed by atoms with Gasteiger partial charge in [-0.2, -0.15) is 0 Å². The van der Waals surface area contributed by atoms with E-state index in [4.69, 9.17) is 5.73 Å². The van der Waals surface area contributed by atoms with Crippen LogP contribution in [0.15, 0.2) is 0 Å². The van der Waals surface area contributed by atoms with Crippen molar-refractivity contribution in [2.24, 2.45) is 23.5 Å². The summed E-state index contributed by atoms with van der Waals surface area (Å²) in [6.45, 7) is 12.5. The first kappa shape index (κ1) is 26.8. The molecule has 0 aliphatic heterocycles. The van der Waals surface area contributed by atoms with E-state index in [0.29, 0.717) is 6.42 Å². The van der Waals surface area contributed by atoms with Gasteiger partial charge in [0.25, 0.3) is 0 Å². The highest BCUT2D eigenvalue weighted by Gasteiger charge is 2.33. The summed E-state index contributed by atoms with van der Waals surface area (Å²) in [5.74, 6) is -3.04. The van der Waals surface area contributed by atoms with Crippen molar-refractivity contribution in [1.29, 1.82) is 0 Å². The molecule has 0 spiro atoms. The third-order valence-corrected chi connectivity index (χ3v) is 4.78. The molecule has 0 aliphatic rings. The van der Waals surface area contributed by atoms with E-state index in [1.807, 2.05) is 20.8 Å². The molecule has 5 atom stereocenters. The molecule has 0 bridgehead atoms. The highest BCUT2D eigenvalue weighted by molar-refractivity contribution is 5.94. The predicted octanol–water partition coefficient (Wildman–Crippen LogP) is 0.621. The van der Waals surface area contributed by atoms with Crippen LogP contribution in [0.1, 0.15) is 61.3 Å². The van der Waals surface area contributed by atoms with Gasteiger partial charge in [0.1, 0.15) is 18.1 Å². The van der Waals surface area contributed by atoms with Gasteiger partial charge in [-0.3, -0.25) is 14.4 Å². The van der Waals surface area contributed by atoms with Gasteiger partial charge in [0.2, 0.25) is 17.7 Å². The lowest BCUT2D eigenvalue weighted by Crippen LogP contribution is -2.59. The molecule has 0 saturated carbocycles. The van der Waals surface area contributed by atoms with E-state index in [1.54, 1.807) is 20.8 Å². The van der Waals surface area contributed by atoms with Crippen LogP contribution in [0.25, 0.3) is 0 Å². The number of carbonyl (C=O) groups excluding carboxylic acids is 3. The molecule has 9 nitrogen and oxygen atoms in total. The third-order valence-electron chi connectivity index (χ3n) is 4.78. The summed E-state index contributed by atoms with van der Waals surface area (Å²) in [7, 11) is 0. The van der Waals surface area contributed by atoms with Crippen molar-refractivity contribution in [3.8, 4) is 0 Å². The fourth-order valence-corrected chi connectivity index (χ4v) is 2.72. The van der Waals surface area contributed by atoms with Crippen LogP contribution in [0.2, 0.25) is 0 Å². The van der Waals surface area contributed by atoms with Crippen molar-refractivity contribution in [3.63, 3.8) is 0 Å². The summed E-state index contributed by atoms with van der Waals surface area (Å²) < 4.78 is 0. The molecule has 0 radical (unpaired) electrons. The number of carbonyl (C=O) groups is 4. The standard InChI is InChI=1S/C20H38N4O5/c1-8-12(6)16(19(27)22-14(20(28)29)9-10(2)3)24-18(26)15(11(4)5)23-17(25)13(7)21/h10-16H,8-9,21H2,1-7H3,(H,22,27)(H,23,25)(H,24,26)(H,28,29). The maximum absolute atomic E-state index is 12.8. The Morgan fingerprint density at radius 2 is 1.31 bits per heavy atom. The van der Waals surface area contributed by atoms with Gasteiger partial charge in [-0.1, -0.05) is 48.0 Å². The molecule has 0 rings (SSSR count). The number of hydrogen-bond donors (Lipinski definition) is 5. The maximum Gasteiger partial charge on any atom is 0.326 e. The first-order valence-corrected chi connectivity index (χ1v) is 10.2. The van der Waals surface area contributed by atoms with Crippen LogP contribution in [0.4, 0.5) is 0 Å². The minimum Gasteiger partial charge on any atom is -0.480 e. The SMILES string of the molecule is CCC(C)C(NC(=O)C(NC(=O)C(C)N)C(C)C)C(=O)NC(CC(C)C)C(=O)O. The van der Waals surface area contributed by atoms with Crippen LogP contribution < -0.4 is 21.7 Å². The zero-order valence-corrected chi connectivity index (χ0v) is 18.6. The van der Waals surface area contributed by atoms with Gasteiger partial charge in [0.15, 0.2) is 0 Å². The van der Waals surface area contributed by atoms with Gasteiger partial charge in [0, 0.05) is 0 Å². The molecule has 0 saturated heterocycles. The minimum absolute atomic E-state index is 0.0758. The Hall–Kier alpha value is -2.16. The number of carboxylic acid groups (broad SMARTS) is 1. The molecule has 0 aliphatic carbocycles. The Kier molecular flexibility index (Phi) is 11.5. The number of nitrogens with two attached hydrogens (primary N) is 1. The largest absolute Gasteiger partial charge is 0.480 e. The van der Waals surface area contributed by atoms with Gasteiger partial charge < -0.3 is 26.8 Å². The Balaban J connectivity index is 5.44. The second-order valence-electron chi connectivity index (χ2n) is 8.42. The molecule has 9 heteroatoms. The lowest BCUT2D eigenvalue weighted by atomic mass is 9.95. The van der Waals surface area contributed by atoms with Gasteiger partial charge in [-0.05, 0) is 31.1 Å². The summed E-state index contributed by atoms with van der Waals surface area (Å²) in [4.78, 5) is 49.0. The Morgan fingerprint density at radius 3 is 1.69 bits per heavy atom. The molecular weight excluding hydrogens is 376 g/mol. The molecular formula is C20H38N4O5. The van der Waals surface area contributed by atoms with Crippen molar-refractivity contribution < 1.29 is 24.3 Å². The van der Waals surface area contributed by atoms with E-state index >= 15 is 0 Å². The maximum atomic E-state index is 12.8. The second-order valence-corrected chi connectivity index (χ2v) is 8.42. The van der Waals surface area contributed by atoms with Crippen LogP contribution in [0.3, 0.4) is 0 Å². The third kappa shape index (κ3) is 9.25. The summed E-state index contributed by atoms with van der Waals surface area (Å²) in [5, 5.41) is 17.2. The molecule has 0 aromatic rings. The summed E-state index contributed by atoms with van der Waals surface area (Å²) in [6.07, 6.45) is 0.875. The highest BCUT2D eigenvalue weighted by Crippen LogP contribution is 2.12. The molecule has 29 heavy (non-hydrogen) atoms. The molecule has 168 valence electrons. The number of amides is 3. The van der Waals surface area contributed by atoms with Gasteiger partial charge in [-0.25, -0.2) is 4.79 Å². The first-order chi connectivity index (χ1) is 13.3. The lowest BCUT2D eigenvalue weighted by molar-refractivity contribution is -0.143. The minimum atomic E-state index is -1.12. The van der Waals surface area contributed by atoms with Gasteiger partial charge in [-0.15, -0.1) is 0 Å².